The number of alkyl halides is 3. The van der Waals surface area contributed by atoms with E-state index in [9.17, 15) is 23.1 Å². The Bertz CT molecular complexity index is 682. The van der Waals surface area contributed by atoms with Crippen molar-refractivity contribution in [2.45, 2.75) is 51.4 Å². The fourth-order valence-corrected chi connectivity index (χ4v) is 3.52. The molecular weight excluding hydrogens is 325 g/mol. The highest BCUT2D eigenvalue weighted by Crippen LogP contribution is 2.50. The van der Waals surface area contributed by atoms with Gasteiger partial charge in [-0.25, -0.2) is 0 Å². The van der Waals surface area contributed by atoms with E-state index in [1.807, 2.05) is 6.92 Å². The van der Waals surface area contributed by atoms with Gasteiger partial charge in [0, 0.05) is 5.71 Å². The maximum atomic E-state index is 13.7. The summed E-state index contributed by atoms with van der Waals surface area (Å²) in [5.41, 5.74) is -3.09. The normalized spacial score (nSPS) is 30.2. The van der Waals surface area contributed by atoms with Crippen LogP contribution in [0.4, 0.5) is 13.2 Å². The predicted molar refractivity (Wildman–Crippen MR) is 79.2 cm³/mol. The van der Waals surface area contributed by atoms with Gasteiger partial charge in [-0.2, -0.15) is 23.3 Å². The van der Waals surface area contributed by atoms with Gasteiger partial charge in [-0.3, -0.25) is 4.79 Å². The zero-order valence-corrected chi connectivity index (χ0v) is 13.4. The average Bonchev–Trinajstić information content (AvgIpc) is 3.08. The van der Waals surface area contributed by atoms with E-state index in [1.165, 1.54) is 12.1 Å². The van der Waals surface area contributed by atoms with Gasteiger partial charge in [0.05, 0.1) is 5.92 Å². The molecule has 1 aliphatic carbocycles. The van der Waals surface area contributed by atoms with Gasteiger partial charge in [-0.05, 0) is 44.2 Å². The van der Waals surface area contributed by atoms with E-state index in [1.54, 1.807) is 6.92 Å². The smallest absolute Gasteiger partial charge is 0.439 e. The molecule has 3 rings (SSSR count). The van der Waals surface area contributed by atoms with Gasteiger partial charge in [0.25, 0.3) is 5.72 Å². The number of aliphatic hydroxyl groups is 1. The van der Waals surface area contributed by atoms with Crippen molar-refractivity contribution in [1.82, 2.24) is 5.01 Å². The highest BCUT2D eigenvalue weighted by molar-refractivity contribution is 5.98. The third-order valence-electron chi connectivity index (χ3n) is 4.96. The first-order chi connectivity index (χ1) is 11.2. The van der Waals surface area contributed by atoms with Crippen molar-refractivity contribution >= 4 is 11.6 Å². The lowest BCUT2D eigenvalue weighted by Gasteiger charge is -2.39. The molecule has 132 valence electrons. The lowest BCUT2D eigenvalue weighted by atomic mass is 9.74. The topological polar surface area (TPSA) is 66.0 Å². The second-order valence-corrected chi connectivity index (χ2v) is 6.44. The van der Waals surface area contributed by atoms with Crippen LogP contribution in [0.25, 0.3) is 0 Å². The number of hydrogen-bond donors (Lipinski definition) is 1. The Morgan fingerprint density at radius 3 is 2.75 bits per heavy atom. The largest absolute Gasteiger partial charge is 0.456 e. The van der Waals surface area contributed by atoms with Crippen molar-refractivity contribution in [3.05, 3.63) is 23.7 Å². The number of hydrogen-bond acceptors (Lipinski definition) is 4. The molecule has 1 fully saturated rings. The molecule has 24 heavy (non-hydrogen) atoms. The zero-order valence-electron chi connectivity index (χ0n) is 13.4. The van der Waals surface area contributed by atoms with Crippen molar-refractivity contribution in [2.24, 2.45) is 16.9 Å². The van der Waals surface area contributed by atoms with Crippen LogP contribution < -0.4 is 0 Å². The SMILES string of the molecule is CC[C@@H]1CCC2=NN(C(=O)c3ccc(C)o3)[C@](O)(C(F)(F)F)[C@H]2C1. The van der Waals surface area contributed by atoms with Crippen LogP contribution in [-0.4, -0.2) is 33.6 Å². The van der Waals surface area contributed by atoms with E-state index in [4.69, 9.17) is 4.42 Å². The summed E-state index contributed by atoms with van der Waals surface area (Å²) in [5, 5.41) is 14.6. The summed E-state index contributed by atoms with van der Waals surface area (Å²) >= 11 is 0. The minimum Gasteiger partial charge on any atom is -0.456 e. The molecule has 0 radical (unpaired) electrons. The molecule has 8 heteroatoms. The minimum atomic E-state index is -5.02. The molecule has 1 saturated carbocycles. The second-order valence-electron chi connectivity index (χ2n) is 6.44. The molecule has 0 aromatic carbocycles. The van der Waals surface area contributed by atoms with E-state index in [0.29, 0.717) is 18.6 Å². The molecule has 1 N–H and O–H groups in total. The summed E-state index contributed by atoms with van der Waals surface area (Å²) in [6.07, 6.45) is -3.07. The molecule has 1 amide bonds. The van der Waals surface area contributed by atoms with E-state index >= 15 is 0 Å². The van der Waals surface area contributed by atoms with Gasteiger partial charge in [-0.1, -0.05) is 13.3 Å². The van der Waals surface area contributed by atoms with Crippen LogP contribution >= 0.6 is 0 Å². The lowest BCUT2D eigenvalue weighted by Crippen LogP contribution is -2.61. The Labute approximate surface area is 137 Å². The highest BCUT2D eigenvalue weighted by Gasteiger charge is 2.69. The first-order valence-corrected chi connectivity index (χ1v) is 7.96. The standard InChI is InChI=1S/C16H19F3N2O3/c1-3-10-5-6-12-11(8-10)15(23,16(17,18)19)21(20-12)14(22)13-7-4-9(2)24-13/h4,7,10-11,23H,3,5-6,8H2,1-2H3/t10-,11+,15-/m1/s1. The molecular formula is C16H19F3N2O3. The van der Waals surface area contributed by atoms with Gasteiger partial charge < -0.3 is 9.52 Å². The van der Waals surface area contributed by atoms with Gasteiger partial charge in [-0.15, -0.1) is 0 Å². The highest BCUT2D eigenvalue weighted by atomic mass is 19.4. The van der Waals surface area contributed by atoms with Gasteiger partial charge in [0.1, 0.15) is 5.76 Å². The Morgan fingerprint density at radius 1 is 1.50 bits per heavy atom. The van der Waals surface area contributed by atoms with E-state index in [0.717, 1.165) is 6.42 Å². The summed E-state index contributed by atoms with van der Waals surface area (Å²) in [4.78, 5) is 12.5. The van der Waals surface area contributed by atoms with Gasteiger partial charge >= 0.3 is 12.1 Å². The quantitative estimate of drug-likeness (QED) is 0.893. The number of furan rings is 1. The summed E-state index contributed by atoms with van der Waals surface area (Å²) in [7, 11) is 0. The zero-order chi connectivity index (χ0) is 17.7. The number of nitrogens with zero attached hydrogens (tertiary/aromatic N) is 2. The molecule has 5 nitrogen and oxygen atoms in total. The Hall–Kier alpha value is -1.83. The summed E-state index contributed by atoms with van der Waals surface area (Å²) < 4.78 is 46.3. The van der Waals surface area contributed by atoms with E-state index in [2.05, 4.69) is 5.10 Å². The number of rotatable bonds is 2. The monoisotopic (exact) mass is 344 g/mol. The molecule has 0 spiro atoms. The van der Waals surface area contributed by atoms with Crippen molar-refractivity contribution in [3.8, 4) is 0 Å². The van der Waals surface area contributed by atoms with Crippen molar-refractivity contribution < 1.29 is 27.5 Å². The summed E-state index contributed by atoms with van der Waals surface area (Å²) in [6, 6.07) is 2.76. The number of hydrazone groups is 1. The van der Waals surface area contributed by atoms with Crippen LogP contribution in [0.3, 0.4) is 0 Å². The van der Waals surface area contributed by atoms with Gasteiger partial charge in [0.2, 0.25) is 0 Å². The van der Waals surface area contributed by atoms with Crippen LogP contribution in [0, 0.1) is 18.8 Å². The van der Waals surface area contributed by atoms with E-state index in [-0.39, 0.29) is 28.8 Å². The third kappa shape index (κ3) is 2.44. The van der Waals surface area contributed by atoms with E-state index < -0.39 is 23.7 Å². The molecule has 1 aromatic rings. The number of halogens is 3. The van der Waals surface area contributed by atoms with Crippen molar-refractivity contribution in [2.75, 3.05) is 0 Å². The molecule has 0 bridgehead atoms. The predicted octanol–water partition coefficient (Wildman–Crippen LogP) is 3.48. The number of fused-ring (bicyclic) bond motifs is 1. The maximum absolute atomic E-state index is 13.7. The van der Waals surface area contributed by atoms with Crippen LogP contribution in [-0.2, 0) is 0 Å². The van der Waals surface area contributed by atoms with Crippen LogP contribution in [0.1, 0.15) is 48.9 Å². The number of aryl methyl sites for hydroxylation is 1. The first kappa shape index (κ1) is 17.0. The Morgan fingerprint density at radius 2 is 2.21 bits per heavy atom. The molecule has 3 atom stereocenters. The van der Waals surface area contributed by atoms with Crippen molar-refractivity contribution in [3.63, 3.8) is 0 Å². The summed E-state index contributed by atoms with van der Waals surface area (Å²) in [5.74, 6) is -2.12. The molecule has 1 aliphatic heterocycles. The maximum Gasteiger partial charge on any atom is 0.439 e. The lowest BCUT2D eigenvalue weighted by molar-refractivity contribution is -0.313. The third-order valence-corrected chi connectivity index (χ3v) is 4.96. The Balaban J connectivity index is 2.01. The van der Waals surface area contributed by atoms with Crippen LogP contribution in [0.15, 0.2) is 21.7 Å². The molecule has 0 saturated heterocycles. The number of carbonyl (C=O) groups is 1. The fraction of sp³-hybridized carbons (Fsp3) is 0.625. The van der Waals surface area contributed by atoms with Crippen LogP contribution in [0.2, 0.25) is 0 Å². The average molecular weight is 344 g/mol. The minimum absolute atomic E-state index is 0.0729. The second kappa shape index (κ2) is 5.61. The first-order valence-electron chi connectivity index (χ1n) is 7.96. The number of carbonyl (C=O) groups excluding carboxylic acids is 1. The number of amides is 1. The van der Waals surface area contributed by atoms with Crippen molar-refractivity contribution in [1.29, 1.82) is 0 Å². The molecule has 2 aliphatic rings. The summed E-state index contributed by atoms with van der Waals surface area (Å²) in [6.45, 7) is 3.48. The Kier molecular flexibility index (Phi) is 3.98. The molecule has 0 unspecified atom stereocenters. The fourth-order valence-electron chi connectivity index (χ4n) is 3.52. The molecule has 1 aromatic heterocycles. The molecule has 2 heterocycles. The van der Waals surface area contributed by atoms with Gasteiger partial charge in [0.15, 0.2) is 5.76 Å². The van der Waals surface area contributed by atoms with Crippen LogP contribution in [0.5, 0.6) is 0 Å².